The lowest BCUT2D eigenvalue weighted by atomic mass is 10.4. The van der Waals surface area contributed by atoms with E-state index in [2.05, 4.69) is 32.9 Å². The second kappa shape index (κ2) is 3.33. The fourth-order valence-electron chi connectivity index (χ4n) is 1.23. The van der Waals surface area contributed by atoms with Crippen molar-refractivity contribution >= 4 is 22.9 Å². The average molecular weight is 318 g/mol. The number of alkyl halides is 3. The lowest BCUT2D eigenvalue weighted by Gasteiger charge is -2.19. The van der Waals surface area contributed by atoms with Crippen molar-refractivity contribution in [3.63, 3.8) is 0 Å². The summed E-state index contributed by atoms with van der Waals surface area (Å²) in [6, 6.07) is 0. The average Bonchev–Trinajstić information content (AvgIpc) is 2.45. The molecule has 14 heavy (non-hydrogen) atoms. The number of nitrogens with zero attached hydrogens (tertiary/aromatic N) is 4. The lowest BCUT2D eigenvalue weighted by molar-refractivity contribution is -0.145. The molecule has 0 saturated heterocycles. The van der Waals surface area contributed by atoms with Crippen LogP contribution in [0.2, 0.25) is 0 Å². The van der Waals surface area contributed by atoms with Gasteiger partial charge in [-0.2, -0.15) is 13.2 Å². The van der Waals surface area contributed by atoms with E-state index in [9.17, 15) is 13.2 Å². The zero-order valence-corrected chi connectivity index (χ0v) is 9.08. The molecule has 0 aromatic carbocycles. The molecule has 2 rings (SSSR count). The van der Waals surface area contributed by atoms with Gasteiger partial charge in [-0.05, 0) is 0 Å². The van der Waals surface area contributed by atoms with E-state index in [1.165, 1.54) is 4.68 Å². The largest absolute Gasteiger partial charge is 0.453 e. The molecule has 0 radical (unpaired) electrons. The molecular weight excluding hydrogens is 312 g/mol. The summed E-state index contributed by atoms with van der Waals surface area (Å²) in [5.74, 6) is -0.669. The molecule has 0 saturated carbocycles. The van der Waals surface area contributed by atoms with E-state index in [-0.39, 0.29) is 0 Å². The highest BCUT2D eigenvalue weighted by atomic mass is 127. The molecular formula is C6H6F3IN4. The van der Waals surface area contributed by atoms with Crippen LogP contribution in [0.1, 0.15) is 11.6 Å². The van der Waals surface area contributed by atoms with Crippen molar-refractivity contribution in [2.24, 2.45) is 0 Å². The van der Waals surface area contributed by atoms with Gasteiger partial charge in [-0.15, -0.1) is 5.10 Å². The fraction of sp³-hybridized carbons (Fsp3) is 0.667. The van der Waals surface area contributed by atoms with Crippen molar-refractivity contribution in [2.45, 2.75) is 19.3 Å². The third-order valence-electron chi connectivity index (χ3n) is 1.87. The highest BCUT2D eigenvalue weighted by Crippen LogP contribution is 2.27. The van der Waals surface area contributed by atoms with Gasteiger partial charge in [0.2, 0.25) is 0 Å². The molecule has 4 nitrogen and oxygen atoms in total. The molecule has 1 aromatic rings. The first-order valence-electron chi connectivity index (χ1n) is 3.88. The SMILES string of the molecule is FC(F)(F)c1nc2n(n1)CCN(I)C2. The van der Waals surface area contributed by atoms with Crippen molar-refractivity contribution < 1.29 is 13.2 Å². The first-order valence-corrected chi connectivity index (χ1v) is 4.85. The van der Waals surface area contributed by atoms with Crippen LogP contribution in [0, 0.1) is 0 Å². The van der Waals surface area contributed by atoms with Crippen LogP contribution in [-0.4, -0.2) is 24.4 Å². The van der Waals surface area contributed by atoms with E-state index in [4.69, 9.17) is 0 Å². The topological polar surface area (TPSA) is 34.0 Å². The Labute approximate surface area is 91.6 Å². The number of hydrogen-bond donors (Lipinski definition) is 0. The quantitative estimate of drug-likeness (QED) is 0.536. The Morgan fingerprint density at radius 1 is 1.29 bits per heavy atom. The van der Waals surface area contributed by atoms with Crippen LogP contribution in [0.25, 0.3) is 0 Å². The van der Waals surface area contributed by atoms with Crippen LogP contribution >= 0.6 is 22.9 Å². The molecule has 8 heteroatoms. The minimum absolute atomic E-state index is 0.373. The van der Waals surface area contributed by atoms with Crippen LogP contribution in [-0.2, 0) is 19.3 Å². The van der Waals surface area contributed by atoms with Gasteiger partial charge < -0.3 is 0 Å². The highest BCUT2D eigenvalue weighted by Gasteiger charge is 2.37. The Bertz CT molecular complexity index is 347. The number of fused-ring (bicyclic) bond motifs is 1. The smallest absolute Gasteiger partial charge is 0.247 e. The Morgan fingerprint density at radius 3 is 2.64 bits per heavy atom. The molecule has 0 N–H and O–H groups in total. The third kappa shape index (κ3) is 1.85. The van der Waals surface area contributed by atoms with Gasteiger partial charge in [-0.25, -0.2) is 12.8 Å². The van der Waals surface area contributed by atoms with Crippen molar-refractivity contribution in [1.82, 2.24) is 17.9 Å². The molecule has 78 valence electrons. The van der Waals surface area contributed by atoms with E-state index in [1.54, 1.807) is 0 Å². The van der Waals surface area contributed by atoms with Gasteiger partial charge in [0.25, 0.3) is 5.82 Å². The molecule has 0 bridgehead atoms. The van der Waals surface area contributed by atoms with Gasteiger partial charge in [-0.3, -0.25) is 0 Å². The predicted molar refractivity (Wildman–Crippen MR) is 49.5 cm³/mol. The second-order valence-electron chi connectivity index (χ2n) is 2.92. The van der Waals surface area contributed by atoms with Gasteiger partial charge in [0.05, 0.1) is 13.1 Å². The fourth-order valence-corrected chi connectivity index (χ4v) is 1.75. The molecule has 1 aliphatic heterocycles. The zero-order chi connectivity index (χ0) is 10.3. The summed E-state index contributed by atoms with van der Waals surface area (Å²) in [4.78, 5) is 3.45. The van der Waals surface area contributed by atoms with Gasteiger partial charge >= 0.3 is 6.18 Å². The van der Waals surface area contributed by atoms with Gasteiger partial charge in [0, 0.05) is 29.4 Å². The maximum Gasteiger partial charge on any atom is 0.453 e. The normalized spacial score (nSPS) is 18.3. The third-order valence-corrected chi connectivity index (χ3v) is 2.69. The molecule has 0 spiro atoms. The number of aromatic nitrogens is 3. The van der Waals surface area contributed by atoms with Crippen LogP contribution in [0.3, 0.4) is 0 Å². The van der Waals surface area contributed by atoms with Crippen LogP contribution in [0.15, 0.2) is 0 Å². The molecule has 0 unspecified atom stereocenters. The summed E-state index contributed by atoms with van der Waals surface area (Å²) in [6.07, 6.45) is -4.44. The molecule has 1 aromatic heterocycles. The van der Waals surface area contributed by atoms with Crippen molar-refractivity contribution in [3.05, 3.63) is 11.6 Å². The lowest BCUT2D eigenvalue weighted by Crippen LogP contribution is -2.27. The Hall–Kier alpha value is -0.380. The zero-order valence-electron chi connectivity index (χ0n) is 6.92. The summed E-state index contributed by atoms with van der Waals surface area (Å²) in [6.45, 7) is 1.55. The van der Waals surface area contributed by atoms with Gasteiger partial charge in [-0.1, -0.05) is 0 Å². The maximum absolute atomic E-state index is 12.2. The van der Waals surface area contributed by atoms with E-state index < -0.39 is 12.0 Å². The highest BCUT2D eigenvalue weighted by molar-refractivity contribution is 14.1. The van der Waals surface area contributed by atoms with E-state index in [0.717, 1.165) is 0 Å². The Kier molecular flexibility index (Phi) is 2.41. The number of hydrogen-bond acceptors (Lipinski definition) is 3. The molecule has 0 amide bonds. The molecule has 2 heterocycles. The molecule has 0 fully saturated rings. The first kappa shape index (κ1) is 10.1. The monoisotopic (exact) mass is 318 g/mol. The summed E-state index contributed by atoms with van der Waals surface area (Å²) in [7, 11) is 0. The minimum atomic E-state index is -4.44. The maximum atomic E-state index is 12.2. The van der Waals surface area contributed by atoms with Crippen LogP contribution < -0.4 is 0 Å². The van der Waals surface area contributed by atoms with E-state index in [0.29, 0.717) is 25.5 Å². The van der Waals surface area contributed by atoms with Crippen molar-refractivity contribution in [1.29, 1.82) is 0 Å². The predicted octanol–water partition coefficient (Wildman–Crippen LogP) is 1.46. The molecule has 0 aliphatic carbocycles. The number of halogens is 4. The summed E-state index contributed by atoms with van der Waals surface area (Å²) >= 11 is 2.05. The van der Waals surface area contributed by atoms with E-state index >= 15 is 0 Å². The number of rotatable bonds is 0. The minimum Gasteiger partial charge on any atom is -0.247 e. The van der Waals surface area contributed by atoms with Crippen LogP contribution in [0.5, 0.6) is 0 Å². The first-order chi connectivity index (χ1) is 6.47. The van der Waals surface area contributed by atoms with Gasteiger partial charge in [0.15, 0.2) is 0 Å². The van der Waals surface area contributed by atoms with Crippen LogP contribution in [0.4, 0.5) is 13.2 Å². The summed E-state index contributed by atoms with van der Waals surface area (Å²) in [5, 5.41) is 3.41. The molecule has 0 atom stereocenters. The van der Waals surface area contributed by atoms with Crippen molar-refractivity contribution in [2.75, 3.05) is 6.54 Å². The second-order valence-corrected chi connectivity index (χ2v) is 4.28. The Morgan fingerprint density at radius 2 is 2.00 bits per heavy atom. The van der Waals surface area contributed by atoms with E-state index in [1.807, 2.05) is 3.11 Å². The summed E-state index contributed by atoms with van der Waals surface area (Å²) < 4.78 is 39.8. The van der Waals surface area contributed by atoms with Crippen molar-refractivity contribution in [3.8, 4) is 0 Å². The van der Waals surface area contributed by atoms with Gasteiger partial charge in [0.1, 0.15) is 5.82 Å². The summed E-state index contributed by atoms with van der Waals surface area (Å²) in [5.41, 5.74) is 0. The standard InChI is InChI=1S/C6H6F3IN4/c7-6(8,9)5-11-4-3-13(10)1-2-14(4)12-5/h1-3H2. The molecule has 1 aliphatic rings. The Balaban J connectivity index is 2.32.